The van der Waals surface area contributed by atoms with Crippen molar-refractivity contribution in [2.75, 3.05) is 0 Å². The molecule has 0 saturated carbocycles. The summed E-state index contributed by atoms with van der Waals surface area (Å²) in [5, 5.41) is 7.01. The first-order valence-electron chi connectivity index (χ1n) is 9.72. The first-order chi connectivity index (χ1) is 15.3. The maximum atomic E-state index is 12.8. The largest absolute Gasteiger partial charge is 0.417 e. The molecule has 0 spiro atoms. The molecule has 0 radical (unpaired) electrons. The molecule has 3 heterocycles. The molecule has 1 amide bonds. The lowest BCUT2D eigenvalue weighted by Gasteiger charge is -2.11. The number of carbonyl (C=O) groups is 1. The van der Waals surface area contributed by atoms with Gasteiger partial charge in [-0.3, -0.25) is 4.79 Å². The van der Waals surface area contributed by atoms with Crippen LogP contribution in [0.25, 0.3) is 5.82 Å². The Morgan fingerprint density at radius 1 is 1.09 bits per heavy atom. The van der Waals surface area contributed by atoms with Gasteiger partial charge in [0.1, 0.15) is 0 Å². The monoisotopic (exact) mass is 440 g/mol. The van der Waals surface area contributed by atoms with E-state index in [1.54, 1.807) is 19.4 Å². The molecule has 0 atom stereocenters. The van der Waals surface area contributed by atoms with Crippen LogP contribution in [0, 0.1) is 6.92 Å². The van der Waals surface area contributed by atoms with E-state index in [2.05, 4.69) is 20.4 Å². The first-order valence-corrected chi connectivity index (χ1v) is 9.72. The topological polar surface area (TPSA) is 77.6 Å². The third-order valence-electron chi connectivity index (χ3n) is 5.02. The highest BCUT2D eigenvalue weighted by molar-refractivity contribution is 5.95. The quantitative estimate of drug-likeness (QED) is 0.495. The Bertz CT molecular complexity index is 1210. The minimum Gasteiger partial charge on any atom is -0.348 e. The summed E-state index contributed by atoms with van der Waals surface area (Å²) in [6.07, 6.45) is 2.94. The highest BCUT2D eigenvalue weighted by atomic mass is 19.4. The molecule has 0 unspecified atom stereocenters. The van der Waals surface area contributed by atoms with Gasteiger partial charge in [-0.2, -0.15) is 18.3 Å². The number of hydrogen-bond donors (Lipinski definition) is 1. The fourth-order valence-electron chi connectivity index (χ4n) is 3.27. The lowest BCUT2D eigenvalue weighted by molar-refractivity contribution is -0.137. The van der Waals surface area contributed by atoms with Crippen molar-refractivity contribution in [1.29, 1.82) is 0 Å². The molecule has 1 N–H and O–H groups in total. The summed E-state index contributed by atoms with van der Waals surface area (Å²) in [5.74, 6) is -0.140. The second-order valence-electron chi connectivity index (χ2n) is 7.14. The minimum atomic E-state index is -4.47. The summed E-state index contributed by atoms with van der Waals surface area (Å²) in [7, 11) is 0. The number of hydrogen-bond acceptors (Lipinski definition) is 4. The Balaban J connectivity index is 1.47. The zero-order chi connectivity index (χ0) is 22.7. The van der Waals surface area contributed by atoms with Gasteiger partial charge < -0.3 is 9.88 Å². The second kappa shape index (κ2) is 8.66. The molecule has 0 aliphatic rings. The molecule has 3 aromatic heterocycles. The van der Waals surface area contributed by atoms with Crippen molar-refractivity contribution in [3.8, 4) is 5.82 Å². The summed E-state index contributed by atoms with van der Waals surface area (Å²) >= 11 is 0. The fraction of sp³-hybridized carbons (Fsp3) is 0.182. The van der Waals surface area contributed by atoms with Gasteiger partial charge in [-0.15, -0.1) is 0 Å². The van der Waals surface area contributed by atoms with Crippen molar-refractivity contribution in [3.05, 3.63) is 95.5 Å². The molecular formula is C22H19F3N6O. The van der Waals surface area contributed by atoms with Gasteiger partial charge >= 0.3 is 6.18 Å². The Morgan fingerprint density at radius 3 is 2.53 bits per heavy atom. The van der Waals surface area contributed by atoms with Crippen LogP contribution in [0.1, 0.15) is 32.7 Å². The van der Waals surface area contributed by atoms with Gasteiger partial charge in [-0.1, -0.05) is 24.3 Å². The maximum Gasteiger partial charge on any atom is 0.417 e. The number of nitrogens with zero attached hydrogens (tertiary/aromatic N) is 5. The average molecular weight is 440 g/mol. The van der Waals surface area contributed by atoms with Crippen LogP contribution in [0.2, 0.25) is 0 Å². The number of halogens is 3. The highest BCUT2D eigenvalue weighted by Crippen LogP contribution is 2.28. The average Bonchev–Trinajstić information content (AvgIpc) is 3.42. The Morgan fingerprint density at radius 2 is 1.88 bits per heavy atom. The number of carbonyl (C=O) groups excluding carboxylic acids is 1. The van der Waals surface area contributed by atoms with Crippen LogP contribution in [0.5, 0.6) is 0 Å². The van der Waals surface area contributed by atoms with Crippen molar-refractivity contribution in [3.63, 3.8) is 0 Å². The predicted octanol–water partition coefficient (Wildman–Crippen LogP) is 3.77. The van der Waals surface area contributed by atoms with E-state index in [4.69, 9.17) is 0 Å². The van der Waals surface area contributed by atoms with Gasteiger partial charge in [-0.05, 0) is 30.2 Å². The molecule has 10 heteroatoms. The lowest BCUT2D eigenvalue weighted by atomic mass is 10.1. The van der Waals surface area contributed by atoms with E-state index in [0.29, 0.717) is 24.3 Å². The van der Waals surface area contributed by atoms with Crippen LogP contribution < -0.4 is 5.32 Å². The molecule has 7 nitrogen and oxygen atoms in total. The van der Waals surface area contributed by atoms with Crippen molar-refractivity contribution in [1.82, 2.24) is 29.6 Å². The molecule has 0 saturated heterocycles. The molecular weight excluding hydrogens is 421 g/mol. The van der Waals surface area contributed by atoms with Gasteiger partial charge in [0.2, 0.25) is 0 Å². The predicted molar refractivity (Wildman–Crippen MR) is 110 cm³/mol. The third kappa shape index (κ3) is 4.53. The number of imidazole rings is 1. The summed E-state index contributed by atoms with van der Waals surface area (Å²) in [6, 6.07) is 9.91. The Hall–Kier alpha value is -3.95. The van der Waals surface area contributed by atoms with Crippen LogP contribution in [-0.2, 0) is 19.3 Å². The zero-order valence-corrected chi connectivity index (χ0v) is 17.0. The van der Waals surface area contributed by atoms with E-state index in [-0.39, 0.29) is 11.7 Å². The molecule has 0 aliphatic carbocycles. The number of rotatable bonds is 6. The van der Waals surface area contributed by atoms with Crippen molar-refractivity contribution in [2.45, 2.75) is 26.2 Å². The molecule has 0 fully saturated rings. The molecule has 164 valence electrons. The number of benzene rings is 1. The Labute approximate surface area is 181 Å². The van der Waals surface area contributed by atoms with Crippen LogP contribution in [0.4, 0.5) is 13.2 Å². The van der Waals surface area contributed by atoms with Crippen molar-refractivity contribution in [2.24, 2.45) is 0 Å². The lowest BCUT2D eigenvalue weighted by Crippen LogP contribution is -2.24. The van der Waals surface area contributed by atoms with Gasteiger partial charge in [0.05, 0.1) is 29.3 Å². The summed E-state index contributed by atoms with van der Waals surface area (Å²) < 4.78 is 41.5. The van der Waals surface area contributed by atoms with E-state index in [1.807, 2.05) is 35.0 Å². The van der Waals surface area contributed by atoms with E-state index in [0.717, 1.165) is 23.4 Å². The van der Waals surface area contributed by atoms with Crippen molar-refractivity contribution < 1.29 is 18.0 Å². The highest BCUT2D eigenvalue weighted by Gasteiger charge is 2.30. The first kappa shape index (κ1) is 21.3. The molecule has 0 aliphatic heterocycles. The van der Waals surface area contributed by atoms with Crippen LogP contribution >= 0.6 is 0 Å². The van der Waals surface area contributed by atoms with E-state index in [1.165, 1.54) is 16.9 Å². The van der Waals surface area contributed by atoms with Gasteiger partial charge in [0, 0.05) is 31.7 Å². The number of alkyl halides is 3. The van der Waals surface area contributed by atoms with Gasteiger partial charge in [-0.25, -0.2) is 14.6 Å². The number of amides is 1. The summed E-state index contributed by atoms with van der Waals surface area (Å²) in [6.45, 7) is 2.60. The maximum absolute atomic E-state index is 12.8. The van der Waals surface area contributed by atoms with E-state index < -0.39 is 11.7 Å². The van der Waals surface area contributed by atoms with E-state index in [9.17, 15) is 18.0 Å². The summed E-state index contributed by atoms with van der Waals surface area (Å²) in [4.78, 5) is 20.6. The van der Waals surface area contributed by atoms with Crippen LogP contribution in [0.15, 0.2) is 67.5 Å². The second-order valence-corrected chi connectivity index (χ2v) is 7.14. The number of nitrogens with one attached hydrogen (secondary N) is 1. The van der Waals surface area contributed by atoms with Crippen LogP contribution in [-0.4, -0.2) is 30.2 Å². The Kier molecular flexibility index (Phi) is 5.76. The van der Waals surface area contributed by atoms with Crippen molar-refractivity contribution >= 4 is 5.91 Å². The fourth-order valence-corrected chi connectivity index (χ4v) is 3.27. The molecule has 0 bridgehead atoms. The third-order valence-corrected chi connectivity index (χ3v) is 5.02. The van der Waals surface area contributed by atoms with E-state index >= 15 is 0 Å². The molecule has 4 aromatic rings. The number of pyridine rings is 1. The summed E-state index contributed by atoms with van der Waals surface area (Å²) in [5.41, 5.74) is 1.95. The molecule has 1 aromatic carbocycles. The number of aromatic nitrogens is 5. The molecule has 4 rings (SSSR count). The zero-order valence-electron chi connectivity index (χ0n) is 17.0. The van der Waals surface area contributed by atoms with Gasteiger partial charge in [0.25, 0.3) is 5.91 Å². The standard InChI is InChI=1S/C22H19F3N6O/c1-15-19(12-29-31(15)20-7-6-18(11-27-20)22(23,24)25)21(32)28-10-16-4-2-3-5-17(16)13-30-9-8-26-14-30/h2-9,11-12,14H,10,13H2,1H3,(H,28,32). The SMILES string of the molecule is Cc1c(C(=O)NCc2ccccc2Cn2ccnc2)cnn1-c1ccc(C(F)(F)F)cn1. The smallest absolute Gasteiger partial charge is 0.348 e. The minimum absolute atomic E-state index is 0.195. The van der Waals surface area contributed by atoms with Gasteiger partial charge in [0.15, 0.2) is 5.82 Å². The normalized spacial score (nSPS) is 11.5. The van der Waals surface area contributed by atoms with Crippen LogP contribution in [0.3, 0.4) is 0 Å². The molecule has 32 heavy (non-hydrogen) atoms.